The van der Waals surface area contributed by atoms with Gasteiger partial charge in [0.1, 0.15) is 11.4 Å². The summed E-state index contributed by atoms with van der Waals surface area (Å²) in [5, 5.41) is 7.83. The Morgan fingerprint density at radius 3 is 2.88 bits per heavy atom. The molecule has 0 bridgehead atoms. The number of nitrogens with one attached hydrogen (secondary N) is 2. The maximum atomic E-state index is 12.1. The van der Waals surface area contributed by atoms with Crippen LogP contribution < -0.4 is 4.74 Å². The van der Waals surface area contributed by atoms with Crippen LogP contribution in [0.4, 0.5) is 8.78 Å². The number of benzene rings is 1. The average molecular weight is 439 g/mol. The summed E-state index contributed by atoms with van der Waals surface area (Å²) >= 11 is 0. The van der Waals surface area contributed by atoms with Crippen LogP contribution in [0.5, 0.6) is 5.75 Å². The van der Waals surface area contributed by atoms with Gasteiger partial charge in [0.15, 0.2) is 0 Å². The number of pyridine rings is 1. The lowest BCUT2D eigenvalue weighted by Crippen LogP contribution is -2.21. The fourth-order valence-corrected chi connectivity index (χ4v) is 3.87. The van der Waals surface area contributed by atoms with E-state index in [1.54, 1.807) is 23.2 Å². The van der Waals surface area contributed by atoms with Gasteiger partial charge in [0, 0.05) is 29.4 Å². The van der Waals surface area contributed by atoms with Crippen LogP contribution in [0.25, 0.3) is 22.3 Å². The number of aromatic amines is 2. The maximum absolute atomic E-state index is 12.1. The minimum atomic E-state index is -2.82. The third-order valence-electron chi connectivity index (χ3n) is 5.31. The fourth-order valence-electron chi connectivity index (χ4n) is 3.87. The van der Waals surface area contributed by atoms with Crippen LogP contribution in [0.3, 0.4) is 0 Å². The number of amides is 1. The molecule has 1 saturated heterocycles. The SMILES string of the molecule is Cc1cc2ccc(-c3cn[nH]c3)nc2[nH]1.O=CN1CCCC1c1cccc(OC(F)F)c1. The fraction of sp³-hybridized carbons (Fsp3) is 0.261. The number of aromatic nitrogens is 4. The zero-order valence-electron chi connectivity index (χ0n) is 17.5. The number of halogens is 2. The molecule has 0 aliphatic carbocycles. The number of alkyl halides is 2. The first kappa shape index (κ1) is 21.5. The lowest BCUT2D eigenvalue weighted by molar-refractivity contribution is -0.118. The van der Waals surface area contributed by atoms with Crippen molar-refractivity contribution in [3.63, 3.8) is 0 Å². The summed E-state index contributed by atoms with van der Waals surface area (Å²) in [6, 6.07) is 12.7. The van der Waals surface area contributed by atoms with Gasteiger partial charge in [0.2, 0.25) is 6.41 Å². The quantitative estimate of drug-likeness (QED) is 0.436. The van der Waals surface area contributed by atoms with Crippen molar-refractivity contribution in [3.8, 4) is 17.0 Å². The van der Waals surface area contributed by atoms with Gasteiger partial charge in [0.05, 0.1) is 17.9 Å². The molecule has 3 aromatic heterocycles. The van der Waals surface area contributed by atoms with E-state index in [4.69, 9.17) is 0 Å². The molecule has 5 rings (SSSR count). The molecule has 7 nitrogen and oxygen atoms in total. The van der Waals surface area contributed by atoms with Gasteiger partial charge in [-0.25, -0.2) is 4.98 Å². The molecular formula is C23H23F2N5O2. The van der Waals surface area contributed by atoms with Gasteiger partial charge in [-0.1, -0.05) is 12.1 Å². The Bertz CT molecular complexity index is 1180. The molecule has 1 amide bonds. The summed E-state index contributed by atoms with van der Waals surface area (Å²) in [6.07, 6.45) is 6.20. The van der Waals surface area contributed by atoms with Crippen LogP contribution in [-0.2, 0) is 4.79 Å². The average Bonchev–Trinajstić information content (AvgIpc) is 3.53. The highest BCUT2D eigenvalue weighted by Crippen LogP contribution is 2.32. The smallest absolute Gasteiger partial charge is 0.387 e. The molecule has 1 atom stereocenters. The third kappa shape index (κ3) is 4.93. The molecule has 1 aliphatic rings. The van der Waals surface area contributed by atoms with Gasteiger partial charge in [-0.3, -0.25) is 9.89 Å². The van der Waals surface area contributed by atoms with Crippen LogP contribution in [0.2, 0.25) is 0 Å². The summed E-state index contributed by atoms with van der Waals surface area (Å²) in [6.45, 7) is -0.0798. The van der Waals surface area contributed by atoms with Gasteiger partial charge in [0.25, 0.3) is 0 Å². The largest absolute Gasteiger partial charge is 0.435 e. The standard InChI is InChI=1S/C12H13F2NO2.C11H10N4/c13-12(14)17-10-4-1-3-9(7-10)11-5-2-6-15(11)8-16;1-7-4-8-2-3-10(15-11(8)14-7)9-5-12-13-6-9/h1,3-4,7-8,11-12H,2,5-6H2;2-6H,1H3,(H,12,13)(H,14,15). The van der Waals surface area contributed by atoms with E-state index in [0.29, 0.717) is 6.54 Å². The highest BCUT2D eigenvalue weighted by atomic mass is 19.3. The summed E-state index contributed by atoms with van der Waals surface area (Å²) in [5.74, 6) is 0.134. The Morgan fingerprint density at radius 1 is 1.25 bits per heavy atom. The number of carbonyl (C=O) groups is 1. The first-order valence-electron chi connectivity index (χ1n) is 10.2. The van der Waals surface area contributed by atoms with E-state index in [0.717, 1.165) is 52.8 Å². The summed E-state index contributed by atoms with van der Waals surface area (Å²) in [7, 11) is 0. The number of hydrogen-bond donors (Lipinski definition) is 2. The number of ether oxygens (including phenoxy) is 1. The number of fused-ring (bicyclic) bond motifs is 1. The second-order valence-electron chi connectivity index (χ2n) is 7.53. The Morgan fingerprint density at radius 2 is 2.12 bits per heavy atom. The van der Waals surface area contributed by atoms with Crippen LogP contribution >= 0.6 is 0 Å². The van der Waals surface area contributed by atoms with Gasteiger partial charge < -0.3 is 14.6 Å². The van der Waals surface area contributed by atoms with E-state index in [2.05, 4.69) is 37.0 Å². The Kier molecular flexibility index (Phi) is 6.44. The highest BCUT2D eigenvalue weighted by molar-refractivity contribution is 5.79. The summed E-state index contributed by atoms with van der Waals surface area (Å²) in [5.41, 5.74) is 4.82. The van der Waals surface area contributed by atoms with Crippen molar-refractivity contribution in [1.82, 2.24) is 25.1 Å². The van der Waals surface area contributed by atoms with Gasteiger partial charge >= 0.3 is 6.61 Å². The predicted molar refractivity (Wildman–Crippen MR) is 116 cm³/mol. The van der Waals surface area contributed by atoms with E-state index >= 15 is 0 Å². The van der Waals surface area contributed by atoms with Crippen molar-refractivity contribution in [2.75, 3.05) is 6.54 Å². The van der Waals surface area contributed by atoms with E-state index in [1.165, 1.54) is 6.07 Å². The second kappa shape index (κ2) is 9.59. The first-order chi connectivity index (χ1) is 15.5. The van der Waals surface area contributed by atoms with Crippen LogP contribution in [-0.4, -0.2) is 44.6 Å². The van der Waals surface area contributed by atoms with Gasteiger partial charge in [-0.2, -0.15) is 13.9 Å². The summed E-state index contributed by atoms with van der Waals surface area (Å²) in [4.78, 5) is 20.3. The van der Waals surface area contributed by atoms with Crippen LogP contribution in [0.1, 0.15) is 30.1 Å². The molecule has 0 saturated carbocycles. The Balaban J connectivity index is 0.000000154. The van der Waals surface area contributed by atoms with E-state index in [1.807, 2.05) is 25.3 Å². The monoisotopic (exact) mass is 439 g/mol. The van der Waals surface area contributed by atoms with Crippen LogP contribution in [0, 0.1) is 6.92 Å². The van der Waals surface area contributed by atoms with E-state index in [-0.39, 0.29) is 11.8 Å². The van der Waals surface area contributed by atoms with E-state index in [9.17, 15) is 13.6 Å². The van der Waals surface area contributed by atoms with Crippen LogP contribution in [0.15, 0.2) is 54.9 Å². The number of likely N-dealkylation sites (tertiary alicyclic amines) is 1. The molecule has 166 valence electrons. The Labute approximate surface area is 183 Å². The topological polar surface area (TPSA) is 86.9 Å². The number of rotatable bonds is 5. The van der Waals surface area contributed by atoms with Gasteiger partial charge in [-0.05, 0) is 55.7 Å². The maximum Gasteiger partial charge on any atom is 0.387 e. The molecule has 4 aromatic rings. The van der Waals surface area contributed by atoms with Crippen molar-refractivity contribution >= 4 is 17.4 Å². The lowest BCUT2D eigenvalue weighted by Gasteiger charge is -2.20. The number of carbonyl (C=O) groups excluding carboxylic acids is 1. The number of H-pyrrole nitrogens is 2. The first-order valence-corrected chi connectivity index (χ1v) is 10.2. The molecule has 0 radical (unpaired) electrons. The molecule has 9 heteroatoms. The number of aryl methyl sites for hydroxylation is 1. The number of nitrogens with zero attached hydrogens (tertiary/aromatic N) is 3. The number of hydrogen-bond acceptors (Lipinski definition) is 4. The lowest BCUT2D eigenvalue weighted by atomic mass is 10.0. The van der Waals surface area contributed by atoms with E-state index < -0.39 is 6.61 Å². The second-order valence-corrected chi connectivity index (χ2v) is 7.53. The molecule has 4 heterocycles. The third-order valence-corrected chi connectivity index (χ3v) is 5.31. The van der Waals surface area contributed by atoms with Crippen molar-refractivity contribution in [2.24, 2.45) is 0 Å². The van der Waals surface area contributed by atoms with Crippen molar-refractivity contribution in [3.05, 3.63) is 66.1 Å². The minimum Gasteiger partial charge on any atom is -0.435 e. The zero-order chi connectivity index (χ0) is 22.5. The predicted octanol–water partition coefficient (Wildman–Crippen LogP) is 4.84. The molecule has 1 fully saturated rings. The minimum absolute atomic E-state index is 0.0197. The Hall–Kier alpha value is -3.75. The molecule has 1 aromatic carbocycles. The zero-order valence-corrected chi connectivity index (χ0v) is 17.5. The van der Waals surface area contributed by atoms with Crippen molar-refractivity contribution < 1.29 is 18.3 Å². The molecule has 1 unspecified atom stereocenters. The van der Waals surface area contributed by atoms with Crippen molar-refractivity contribution in [2.45, 2.75) is 32.4 Å². The normalized spacial score (nSPS) is 15.6. The molecule has 32 heavy (non-hydrogen) atoms. The molecular weight excluding hydrogens is 416 g/mol. The van der Waals surface area contributed by atoms with Crippen molar-refractivity contribution in [1.29, 1.82) is 0 Å². The summed E-state index contributed by atoms with van der Waals surface area (Å²) < 4.78 is 28.5. The molecule has 2 N–H and O–H groups in total. The molecule has 0 spiro atoms. The highest BCUT2D eigenvalue weighted by Gasteiger charge is 2.24. The molecule has 1 aliphatic heterocycles. The van der Waals surface area contributed by atoms with Gasteiger partial charge in [-0.15, -0.1) is 0 Å².